The van der Waals surface area contributed by atoms with E-state index < -0.39 is 0 Å². The van der Waals surface area contributed by atoms with Crippen LogP contribution in [0.15, 0.2) is 4.99 Å². The minimum absolute atomic E-state index is 0.151. The van der Waals surface area contributed by atoms with Gasteiger partial charge in [-0.15, -0.1) is 0 Å². The van der Waals surface area contributed by atoms with Gasteiger partial charge in [0.05, 0.1) is 0 Å². The van der Waals surface area contributed by atoms with Crippen molar-refractivity contribution in [3.8, 4) is 0 Å². The lowest BCUT2D eigenvalue weighted by Gasteiger charge is -2.26. The normalized spacial score (nSPS) is 13.0. The Morgan fingerprint density at radius 3 is 2.47 bits per heavy atom. The first-order chi connectivity index (χ1) is 7.91. The second kappa shape index (κ2) is 8.31. The number of unbranched alkanes of at least 4 members (excludes halogenated alkanes) is 1. The lowest BCUT2D eigenvalue weighted by atomic mass is 9.93. The second-order valence-electron chi connectivity index (χ2n) is 5.49. The van der Waals surface area contributed by atoms with Crippen molar-refractivity contribution in [2.24, 2.45) is 16.3 Å². The average Bonchev–Trinajstić information content (AvgIpc) is 2.21. The first-order valence-corrected chi connectivity index (χ1v) is 6.31. The van der Waals surface area contributed by atoms with Crippen molar-refractivity contribution in [3.05, 3.63) is 0 Å². The van der Waals surface area contributed by atoms with Crippen molar-refractivity contribution in [3.63, 3.8) is 0 Å². The molecular formula is C12H29N5. The number of nitrogens with two attached hydrogens (primary N) is 1. The van der Waals surface area contributed by atoms with Crippen LogP contribution in [0.5, 0.6) is 0 Å². The van der Waals surface area contributed by atoms with Gasteiger partial charge in [-0.2, -0.15) is 0 Å². The van der Waals surface area contributed by atoms with Crippen molar-refractivity contribution >= 4 is 5.96 Å². The molecule has 0 saturated heterocycles. The fourth-order valence-electron chi connectivity index (χ4n) is 1.74. The summed E-state index contributed by atoms with van der Waals surface area (Å²) >= 11 is 0. The molecule has 102 valence electrons. The van der Waals surface area contributed by atoms with Crippen molar-refractivity contribution < 1.29 is 0 Å². The van der Waals surface area contributed by atoms with Gasteiger partial charge in [-0.05, 0) is 25.9 Å². The Hall–Kier alpha value is -0.810. The SMILES string of the molecule is CCCCNC(=NCC(C)(C)CN(C)C)NN. The highest BCUT2D eigenvalue weighted by Gasteiger charge is 2.18. The van der Waals surface area contributed by atoms with Crippen LogP contribution in [0.1, 0.15) is 33.6 Å². The third-order valence-corrected chi connectivity index (χ3v) is 2.37. The van der Waals surface area contributed by atoms with Gasteiger partial charge in [-0.1, -0.05) is 27.2 Å². The molecule has 5 nitrogen and oxygen atoms in total. The quantitative estimate of drug-likeness (QED) is 0.203. The van der Waals surface area contributed by atoms with E-state index in [1.807, 2.05) is 0 Å². The van der Waals surface area contributed by atoms with E-state index in [1.165, 1.54) is 0 Å². The molecule has 0 aromatic rings. The molecule has 0 aliphatic carbocycles. The topological polar surface area (TPSA) is 65.7 Å². The third kappa shape index (κ3) is 8.94. The van der Waals surface area contributed by atoms with E-state index in [9.17, 15) is 0 Å². The summed E-state index contributed by atoms with van der Waals surface area (Å²) in [5.41, 5.74) is 2.76. The Labute approximate surface area is 106 Å². The van der Waals surface area contributed by atoms with Gasteiger partial charge in [0.2, 0.25) is 5.96 Å². The summed E-state index contributed by atoms with van der Waals surface area (Å²) in [7, 11) is 4.15. The molecule has 5 heteroatoms. The highest BCUT2D eigenvalue weighted by molar-refractivity contribution is 5.79. The van der Waals surface area contributed by atoms with E-state index in [0.29, 0.717) is 5.96 Å². The maximum Gasteiger partial charge on any atom is 0.205 e. The van der Waals surface area contributed by atoms with Crippen molar-refractivity contribution in [2.45, 2.75) is 33.6 Å². The molecule has 0 radical (unpaired) electrons. The molecule has 0 atom stereocenters. The Morgan fingerprint density at radius 1 is 1.35 bits per heavy atom. The molecule has 0 aliphatic heterocycles. The number of hydrogen-bond acceptors (Lipinski definition) is 3. The summed E-state index contributed by atoms with van der Waals surface area (Å²) in [5, 5.41) is 3.20. The van der Waals surface area contributed by atoms with Gasteiger partial charge in [0.1, 0.15) is 0 Å². The van der Waals surface area contributed by atoms with Crippen LogP contribution in [0.3, 0.4) is 0 Å². The monoisotopic (exact) mass is 243 g/mol. The molecular weight excluding hydrogens is 214 g/mol. The van der Waals surface area contributed by atoms with Crippen LogP contribution in [-0.4, -0.2) is 44.6 Å². The van der Waals surface area contributed by atoms with E-state index in [4.69, 9.17) is 5.84 Å². The van der Waals surface area contributed by atoms with Crippen molar-refractivity contribution in [2.75, 3.05) is 33.7 Å². The summed E-state index contributed by atoms with van der Waals surface area (Å²) in [6, 6.07) is 0. The molecule has 0 saturated carbocycles. The summed E-state index contributed by atoms with van der Waals surface area (Å²) in [6.07, 6.45) is 2.29. The maximum absolute atomic E-state index is 5.43. The molecule has 0 unspecified atom stereocenters. The molecule has 0 bridgehead atoms. The van der Waals surface area contributed by atoms with Gasteiger partial charge in [0.15, 0.2) is 0 Å². The van der Waals surface area contributed by atoms with Crippen LogP contribution >= 0.6 is 0 Å². The fourth-order valence-corrected chi connectivity index (χ4v) is 1.74. The lowest BCUT2D eigenvalue weighted by Crippen LogP contribution is -2.43. The molecule has 0 rings (SSSR count). The summed E-state index contributed by atoms with van der Waals surface area (Å²) < 4.78 is 0. The second-order valence-corrected chi connectivity index (χ2v) is 5.49. The zero-order chi connectivity index (χ0) is 13.3. The number of aliphatic imine (C=N–C) groups is 1. The van der Waals surface area contributed by atoms with Crippen LogP contribution in [0, 0.1) is 5.41 Å². The van der Waals surface area contributed by atoms with Crippen LogP contribution < -0.4 is 16.6 Å². The molecule has 0 fully saturated rings. The Balaban J connectivity index is 4.14. The van der Waals surface area contributed by atoms with Gasteiger partial charge in [-0.3, -0.25) is 10.4 Å². The van der Waals surface area contributed by atoms with Gasteiger partial charge in [0, 0.05) is 19.6 Å². The Kier molecular flexibility index (Phi) is 7.91. The lowest BCUT2D eigenvalue weighted by molar-refractivity contribution is 0.248. The first-order valence-electron chi connectivity index (χ1n) is 6.31. The van der Waals surface area contributed by atoms with Crippen molar-refractivity contribution in [1.29, 1.82) is 0 Å². The van der Waals surface area contributed by atoms with Crippen molar-refractivity contribution in [1.82, 2.24) is 15.6 Å². The van der Waals surface area contributed by atoms with Crippen LogP contribution in [0.4, 0.5) is 0 Å². The molecule has 0 amide bonds. The Bertz CT molecular complexity index is 223. The smallest absolute Gasteiger partial charge is 0.205 e. The third-order valence-electron chi connectivity index (χ3n) is 2.37. The fraction of sp³-hybridized carbons (Fsp3) is 0.917. The summed E-state index contributed by atoms with van der Waals surface area (Å²) in [5.74, 6) is 6.12. The summed E-state index contributed by atoms with van der Waals surface area (Å²) in [4.78, 5) is 6.66. The minimum Gasteiger partial charge on any atom is -0.355 e. The number of rotatable bonds is 7. The zero-order valence-corrected chi connectivity index (χ0v) is 12.0. The largest absolute Gasteiger partial charge is 0.355 e. The first kappa shape index (κ1) is 16.2. The number of hydrogen-bond donors (Lipinski definition) is 3. The number of nitrogens with one attached hydrogen (secondary N) is 2. The molecule has 0 aromatic heterocycles. The molecule has 0 heterocycles. The van der Waals surface area contributed by atoms with Gasteiger partial charge >= 0.3 is 0 Å². The maximum atomic E-state index is 5.43. The standard InChI is InChI=1S/C12H29N5/c1-6-7-8-14-11(16-13)15-9-12(2,3)10-17(4)5/h6-10,13H2,1-5H3,(H2,14,15,16). The van der Waals surface area contributed by atoms with Gasteiger partial charge in [0.25, 0.3) is 0 Å². The average molecular weight is 243 g/mol. The van der Waals surface area contributed by atoms with E-state index in [-0.39, 0.29) is 5.41 Å². The van der Waals surface area contributed by atoms with E-state index in [0.717, 1.165) is 32.5 Å². The van der Waals surface area contributed by atoms with Gasteiger partial charge in [-0.25, -0.2) is 5.84 Å². The molecule has 0 aromatic carbocycles. The van der Waals surface area contributed by atoms with Gasteiger partial charge < -0.3 is 10.2 Å². The van der Waals surface area contributed by atoms with Crippen LogP contribution in [-0.2, 0) is 0 Å². The molecule has 17 heavy (non-hydrogen) atoms. The zero-order valence-electron chi connectivity index (χ0n) is 12.0. The predicted octanol–water partition coefficient (Wildman–Crippen LogP) is 0.783. The molecule has 4 N–H and O–H groups in total. The molecule has 0 spiro atoms. The Morgan fingerprint density at radius 2 is 2.00 bits per heavy atom. The highest BCUT2D eigenvalue weighted by Crippen LogP contribution is 2.15. The highest BCUT2D eigenvalue weighted by atomic mass is 15.3. The predicted molar refractivity (Wildman–Crippen MR) is 74.9 cm³/mol. The number of guanidine groups is 1. The number of nitrogens with zero attached hydrogens (tertiary/aromatic N) is 2. The van der Waals surface area contributed by atoms with E-state index >= 15 is 0 Å². The van der Waals surface area contributed by atoms with E-state index in [1.54, 1.807) is 0 Å². The van der Waals surface area contributed by atoms with E-state index in [2.05, 4.69) is 55.5 Å². The van der Waals surface area contributed by atoms with Crippen LogP contribution in [0.25, 0.3) is 0 Å². The van der Waals surface area contributed by atoms with Crippen LogP contribution in [0.2, 0.25) is 0 Å². The molecule has 0 aliphatic rings. The minimum atomic E-state index is 0.151. The number of hydrazine groups is 1. The summed E-state index contributed by atoms with van der Waals surface area (Å²) in [6.45, 7) is 9.24.